The van der Waals surface area contributed by atoms with E-state index in [0.717, 1.165) is 50.8 Å². The molecule has 0 saturated carbocycles. The Hall–Kier alpha value is -9.02. The van der Waals surface area contributed by atoms with E-state index in [2.05, 4.69) is 289 Å². The van der Waals surface area contributed by atoms with Crippen LogP contribution in [-0.4, -0.2) is 0 Å². The van der Waals surface area contributed by atoms with Crippen molar-refractivity contribution >= 4 is 87.2 Å². The Balaban J connectivity index is 1.04. The molecule has 12 aromatic carbocycles. The minimum Gasteiger partial charge on any atom is -0.310 e. The number of benzene rings is 12. The molecule has 2 nitrogen and oxygen atoms in total. The van der Waals surface area contributed by atoms with E-state index in [9.17, 15) is 0 Å². The molecule has 1 aromatic heterocycles. The van der Waals surface area contributed by atoms with Gasteiger partial charge in [0.2, 0.25) is 0 Å². The van der Waals surface area contributed by atoms with Crippen LogP contribution in [0.1, 0.15) is 0 Å². The lowest BCUT2D eigenvalue weighted by Crippen LogP contribution is -2.14. The van der Waals surface area contributed by atoms with Crippen LogP contribution in [0.25, 0.3) is 86.2 Å². The molecule has 3 heteroatoms. The quantitative estimate of drug-likeness (QED) is 0.135. The summed E-state index contributed by atoms with van der Waals surface area (Å²) >= 11 is 1.88. The van der Waals surface area contributed by atoms with Crippen molar-refractivity contribution in [1.29, 1.82) is 0 Å². The standard InChI is InChI=1S/C68H46N2S/c1-3-19-47(20-4-1)49-37-41-54(42-38-49)69(56-27-17-26-52(45-56)58-33-18-25-51-23-7-9-28-57(51)58)63-34-14-11-30-60(63)61-31-12-15-35-64(61)70(55-43-39-50(40-44-55)48-21-5-2-6-22-48)65-46-53-24-8-10-29-59(53)68-67(65)62-32-13-16-36-66(62)71-68/h1-46H. The Labute approximate surface area is 418 Å². The van der Waals surface area contributed by atoms with Gasteiger partial charge in [-0.3, -0.25) is 0 Å². The summed E-state index contributed by atoms with van der Waals surface area (Å²) in [5.41, 5.74) is 15.9. The predicted molar refractivity (Wildman–Crippen MR) is 305 cm³/mol. The van der Waals surface area contributed by atoms with E-state index in [0.29, 0.717) is 0 Å². The lowest BCUT2D eigenvalue weighted by atomic mass is 9.96. The van der Waals surface area contributed by atoms with Gasteiger partial charge in [-0.2, -0.15) is 0 Å². The van der Waals surface area contributed by atoms with E-state index in [-0.39, 0.29) is 0 Å². The largest absolute Gasteiger partial charge is 0.310 e. The molecule has 13 rings (SSSR count). The maximum Gasteiger partial charge on any atom is 0.0561 e. The Kier molecular flexibility index (Phi) is 10.8. The number of anilines is 6. The van der Waals surface area contributed by atoms with Gasteiger partial charge in [0.15, 0.2) is 0 Å². The first-order valence-corrected chi connectivity index (χ1v) is 25.1. The van der Waals surface area contributed by atoms with E-state index >= 15 is 0 Å². The molecule has 0 spiro atoms. The average Bonchev–Trinajstić information content (AvgIpc) is 3.85. The second kappa shape index (κ2) is 18.1. The fourth-order valence-electron chi connectivity index (χ4n) is 10.5. The summed E-state index contributed by atoms with van der Waals surface area (Å²) in [4.78, 5) is 4.95. The van der Waals surface area contributed by atoms with Crippen LogP contribution in [0, 0.1) is 0 Å². The minimum absolute atomic E-state index is 1.07. The highest BCUT2D eigenvalue weighted by Crippen LogP contribution is 2.52. The number of thiophene rings is 1. The van der Waals surface area contributed by atoms with Crippen LogP contribution in [0.15, 0.2) is 279 Å². The van der Waals surface area contributed by atoms with Gasteiger partial charge in [-0.1, -0.05) is 218 Å². The number of hydrogen-bond acceptors (Lipinski definition) is 3. The van der Waals surface area contributed by atoms with E-state index in [4.69, 9.17) is 0 Å². The number of hydrogen-bond donors (Lipinski definition) is 0. The predicted octanol–water partition coefficient (Wildman–Crippen LogP) is 20.0. The lowest BCUT2D eigenvalue weighted by Gasteiger charge is -2.32. The van der Waals surface area contributed by atoms with Crippen LogP contribution in [-0.2, 0) is 0 Å². The molecule has 0 unspecified atom stereocenters. The van der Waals surface area contributed by atoms with Crippen molar-refractivity contribution in [3.63, 3.8) is 0 Å². The van der Waals surface area contributed by atoms with Gasteiger partial charge in [-0.25, -0.2) is 0 Å². The molecular weight excluding hydrogens is 877 g/mol. The number of rotatable bonds is 10. The van der Waals surface area contributed by atoms with Gasteiger partial charge in [-0.15, -0.1) is 11.3 Å². The fraction of sp³-hybridized carbons (Fsp3) is 0. The summed E-state index contributed by atoms with van der Waals surface area (Å²) in [6.45, 7) is 0. The minimum atomic E-state index is 1.07. The third-order valence-corrected chi connectivity index (χ3v) is 15.0. The van der Waals surface area contributed by atoms with E-state index in [1.807, 2.05) is 11.3 Å². The SMILES string of the molecule is c1ccc(-c2ccc(N(c3cccc(-c4cccc5ccccc45)c3)c3ccccc3-c3ccccc3N(c3ccc(-c4ccccc4)cc3)c3cc4ccccc4c4sc5ccccc5c34)cc2)cc1. The Morgan fingerprint density at radius 2 is 0.718 bits per heavy atom. The van der Waals surface area contributed by atoms with E-state index < -0.39 is 0 Å². The first kappa shape index (κ1) is 42.1. The smallest absolute Gasteiger partial charge is 0.0561 e. The molecule has 0 N–H and O–H groups in total. The zero-order valence-corrected chi connectivity index (χ0v) is 39.7. The van der Waals surface area contributed by atoms with Crippen molar-refractivity contribution < 1.29 is 0 Å². The van der Waals surface area contributed by atoms with Gasteiger partial charge in [0, 0.05) is 48.4 Å². The van der Waals surface area contributed by atoms with Crippen LogP contribution in [0.3, 0.4) is 0 Å². The lowest BCUT2D eigenvalue weighted by molar-refractivity contribution is 1.27. The van der Waals surface area contributed by atoms with Crippen LogP contribution in [0.5, 0.6) is 0 Å². The van der Waals surface area contributed by atoms with Gasteiger partial charge >= 0.3 is 0 Å². The van der Waals surface area contributed by atoms with E-state index in [1.165, 1.54) is 69.5 Å². The van der Waals surface area contributed by atoms with Crippen LogP contribution < -0.4 is 9.80 Å². The molecule has 0 aliphatic heterocycles. The van der Waals surface area contributed by atoms with Gasteiger partial charge in [0.25, 0.3) is 0 Å². The third kappa shape index (κ3) is 7.70. The highest BCUT2D eigenvalue weighted by molar-refractivity contribution is 7.26. The first-order chi connectivity index (χ1) is 35.2. The maximum absolute atomic E-state index is 2.51. The fourth-order valence-corrected chi connectivity index (χ4v) is 11.8. The molecule has 0 amide bonds. The molecule has 0 atom stereocenters. The number of fused-ring (bicyclic) bond motifs is 6. The van der Waals surface area contributed by atoms with Gasteiger partial charge in [0.05, 0.1) is 17.1 Å². The number of para-hydroxylation sites is 2. The molecule has 0 saturated heterocycles. The summed E-state index contributed by atoms with van der Waals surface area (Å²) < 4.78 is 2.57. The molecule has 0 fully saturated rings. The van der Waals surface area contributed by atoms with Crippen LogP contribution in [0.2, 0.25) is 0 Å². The molecule has 334 valence electrons. The molecule has 71 heavy (non-hydrogen) atoms. The highest BCUT2D eigenvalue weighted by atomic mass is 32.1. The zero-order valence-electron chi connectivity index (χ0n) is 38.9. The maximum atomic E-state index is 2.51. The van der Waals surface area contributed by atoms with Crippen molar-refractivity contribution in [3.05, 3.63) is 279 Å². The average molecular weight is 923 g/mol. The molecule has 1 heterocycles. The summed E-state index contributed by atoms with van der Waals surface area (Å²) in [5.74, 6) is 0. The van der Waals surface area contributed by atoms with Crippen molar-refractivity contribution in [1.82, 2.24) is 0 Å². The molecule has 0 aliphatic carbocycles. The normalized spacial score (nSPS) is 11.4. The van der Waals surface area contributed by atoms with Gasteiger partial charge in [-0.05, 0) is 116 Å². The molecule has 0 aliphatic rings. The summed E-state index contributed by atoms with van der Waals surface area (Å²) in [6.07, 6.45) is 0. The summed E-state index contributed by atoms with van der Waals surface area (Å²) in [5, 5.41) is 7.45. The summed E-state index contributed by atoms with van der Waals surface area (Å²) in [7, 11) is 0. The number of nitrogens with zero attached hydrogens (tertiary/aromatic N) is 2. The third-order valence-electron chi connectivity index (χ3n) is 13.8. The van der Waals surface area contributed by atoms with E-state index in [1.54, 1.807) is 0 Å². The molecule has 13 aromatic rings. The van der Waals surface area contributed by atoms with Crippen molar-refractivity contribution in [2.45, 2.75) is 0 Å². The Morgan fingerprint density at radius 1 is 0.254 bits per heavy atom. The Bertz CT molecular complexity index is 4040. The molecular formula is C68H46N2S. The van der Waals surface area contributed by atoms with Crippen molar-refractivity contribution in [2.24, 2.45) is 0 Å². The molecule has 0 bridgehead atoms. The van der Waals surface area contributed by atoms with Crippen molar-refractivity contribution in [2.75, 3.05) is 9.80 Å². The van der Waals surface area contributed by atoms with Crippen LogP contribution in [0.4, 0.5) is 34.1 Å². The zero-order chi connectivity index (χ0) is 47.1. The van der Waals surface area contributed by atoms with Crippen molar-refractivity contribution in [3.8, 4) is 44.5 Å². The van der Waals surface area contributed by atoms with Gasteiger partial charge in [0.1, 0.15) is 0 Å². The summed E-state index contributed by atoms with van der Waals surface area (Å²) in [6, 6.07) is 102. The second-order valence-corrected chi connectivity index (χ2v) is 19.1. The van der Waals surface area contributed by atoms with Gasteiger partial charge < -0.3 is 9.80 Å². The topological polar surface area (TPSA) is 6.48 Å². The monoisotopic (exact) mass is 922 g/mol. The van der Waals surface area contributed by atoms with Crippen LogP contribution >= 0.6 is 11.3 Å². The second-order valence-electron chi connectivity index (χ2n) is 18.0. The Morgan fingerprint density at radius 3 is 1.39 bits per heavy atom. The molecule has 0 radical (unpaired) electrons. The highest BCUT2D eigenvalue weighted by Gasteiger charge is 2.26. The first-order valence-electron chi connectivity index (χ1n) is 24.2.